The van der Waals surface area contributed by atoms with E-state index in [1.54, 1.807) is 0 Å². The van der Waals surface area contributed by atoms with Crippen molar-refractivity contribution in [2.45, 2.75) is 38.5 Å². The molecule has 0 bridgehead atoms. The molecule has 0 amide bonds. The third kappa shape index (κ3) is 1.42. The largest absolute Gasteiger partial charge is 0.389 e. The summed E-state index contributed by atoms with van der Waals surface area (Å²) in [5.74, 6) is -0.299. The van der Waals surface area contributed by atoms with E-state index in [2.05, 4.69) is 6.08 Å². The fraction of sp³-hybridized carbons (Fsp3) is 0.538. The van der Waals surface area contributed by atoms with Gasteiger partial charge < -0.3 is 4.74 Å². The highest BCUT2D eigenvalue weighted by Gasteiger charge is 2.35. The molecule has 0 aromatic heterocycles. The molecule has 1 aliphatic heterocycles. The molecule has 0 aromatic rings. The van der Waals surface area contributed by atoms with Crippen molar-refractivity contribution in [3.63, 3.8) is 0 Å². The lowest BCUT2D eigenvalue weighted by molar-refractivity contribution is -0.157. The van der Waals surface area contributed by atoms with Crippen LogP contribution in [0, 0.1) is 5.92 Å². The molecule has 2 aliphatic carbocycles. The quantitative estimate of drug-likeness (QED) is 0.462. The minimum atomic E-state index is -0.413. The average Bonchev–Trinajstić information content (AvgIpc) is 2.28. The molecule has 3 nitrogen and oxygen atoms in total. The maximum Gasteiger partial charge on any atom is 0.346 e. The standard InChI is InChI=1S/C13H14O3/c14-11-7-9-6-5-8-3-1-2-4-10(8)12(9)13(15)16-11/h6,8H,1-5,7H2. The smallest absolute Gasteiger partial charge is 0.346 e. The first-order chi connectivity index (χ1) is 7.75. The van der Waals surface area contributed by atoms with Gasteiger partial charge in [-0.2, -0.15) is 0 Å². The number of carbonyl (C=O) groups is 2. The van der Waals surface area contributed by atoms with Crippen LogP contribution in [0.4, 0.5) is 0 Å². The van der Waals surface area contributed by atoms with Crippen LogP contribution in [0.5, 0.6) is 0 Å². The van der Waals surface area contributed by atoms with Gasteiger partial charge in [-0.3, -0.25) is 4.79 Å². The second-order valence-electron chi connectivity index (χ2n) is 4.75. The summed E-state index contributed by atoms with van der Waals surface area (Å²) in [4.78, 5) is 22.9. The molecule has 3 heteroatoms. The minimum Gasteiger partial charge on any atom is -0.389 e. The molecule has 1 saturated heterocycles. The van der Waals surface area contributed by atoms with E-state index in [4.69, 9.17) is 4.74 Å². The molecule has 0 spiro atoms. The van der Waals surface area contributed by atoms with Crippen LogP contribution in [0.2, 0.25) is 0 Å². The normalized spacial score (nSPS) is 29.2. The lowest BCUT2D eigenvalue weighted by atomic mass is 9.74. The van der Waals surface area contributed by atoms with E-state index in [1.807, 2.05) is 0 Å². The minimum absolute atomic E-state index is 0.275. The van der Waals surface area contributed by atoms with Crippen molar-refractivity contribution in [3.8, 4) is 0 Å². The van der Waals surface area contributed by atoms with E-state index in [0.717, 1.165) is 30.4 Å². The molecule has 0 radical (unpaired) electrons. The SMILES string of the molecule is O=C1CC2=CCC3CCCCC3=C2C(=O)O1. The van der Waals surface area contributed by atoms with Gasteiger partial charge in [0.1, 0.15) is 0 Å². The van der Waals surface area contributed by atoms with E-state index in [-0.39, 0.29) is 6.42 Å². The maximum atomic E-state index is 11.8. The van der Waals surface area contributed by atoms with Crippen LogP contribution >= 0.6 is 0 Å². The van der Waals surface area contributed by atoms with Crippen LogP contribution in [0.25, 0.3) is 0 Å². The number of hydrogen-bond donors (Lipinski definition) is 0. The van der Waals surface area contributed by atoms with Gasteiger partial charge in [0.15, 0.2) is 0 Å². The van der Waals surface area contributed by atoms with Gasteiger partial charge in [0.2, 0.25) is 0 Å². The van der Waals surface area contributed by atoms with Gasteiger partial charge in [0.25, 0.3) is 0 Å². The third-order valence-electron chi connectivity index (χ3n) is 3.78. The highest BCUT2D eigenvalue weighted by Crippen LogP contribution is 2.42. The van der Waals surface area contributed by atoms with Crippen molar-refractivity contribution in [1.29, 1.82) is 0 Å². The molecule has 1 heterocycles. The summed E-state index contributed by atoms with van der Waals surface area (Å²) in [6, 6.07) is 0. The van der Waals surface area contributed by atoms with Gasteiger partial charge >= 0.3 is 11.9 Å². The summed E-state index contributed by atoms with van der Waals surface area (Å²) in [6.45, 7) is 0. The molecule has 1 saturated carbocycles. The Morgan fingerprint density at radius 1 is 1.25 bits per heavy atom. The Morgan fingerprint density at radius 3 is 3.00 bits per heavy atom. The average molecular weight is 218 g/mol. The molecule has 3 rings (SSSR count). The van der Waals surface area contributed by atoms with Gasteiger partial charge in [-0.15, -0.1) is 0 Å². The second-order valence-corrected chi connectivity index (χ2v) is 4.75. The van der Waals surface area contributed by atoms with Gasteiger partial charge in [0, 0.05) is 0 Å². The van der Waals surface area contributed by atoms with Crippen LogP contribution in [0.3, 0.4) is 0 Å². The molecule has 16 heavy (non-hydrogen) atoms. The highest BCUT2D eigenvalue weighted by molar-refractivity contribution is 6.05. The number of carbonyl (C=O) groups excluding carboxylic acids is 2. The monoisotopic (exact) mass is 218 g/mol. The number of hydrogen-bond acceptors (Lipinski definition) is 3. The topological polar surface area (TPSA) is 43.4 Å². The van der Waals surface area contributed by atoms with Crippen molar-refractivity contribution in [1.82, 2.24) is 0 Å². The fourth-order valence-corrected chi connectivity index (χ4v) is 3.04. The summed E-state index contributed by atoms with van der Waals surface area (Å²) in [6.07, 6.45) is 7.91. The Morgan fingerprint density at radius 2 is 2.12 bits per heavy atom. The van der Waals surface area contributed by atoms with Crippen molar-refractivity contribution in [3.05, 3.63) is 22.8 Å². The van der Waals surface area contributed by atoms with Crippen LogP contribution in [0.15, 0.2) is 22.8 Å². The molecule has 2 fully saturated rings. The van der Waals surface area contributed by atoms with E-state index in [0.29, 0.717) is 5.92 Å². The maximum absolute atomic E-state index is 11.8. The number of fused-ring (bicyclic) bond motifs is 2. The van der Waals surface area contributed by atoms with Crippen LogP contribution in [-0.2, 0) is 14.3 Å². The van der Waals surface area contributed by atoms with Gasteiger partial charge in [-0.1, -0.05) is 18.1 Å². The Hall–Kier alpha value is -1.38. The van der Waals surface area contributed by atoms with Crippen LogP contribution in [-0.4, -0.2) is 11.9 Å². The van der Waals surface area contributed by atoms with Crippen LogP contribution < -0.4 is 0 Å². The fourth-order valence-electron chi connectivity index (χ4n) is 3.04. The first-order valence-electron chi connectivity index (χ1n) is 5.93. The first-order valence-corrected chi connectivity index (χ1v) is 5.93. The van der Waals surface area contributed by atoms with Gasteiger partial charge in [-0.05, 0) is 37.2 Å². The summed E-state index contributed by atoms with van der Waals surface area (Å²) in [7, 11) is 0. The highest BCUT2D eigenvalue weighted by atomic mass is 16.6. The number of esters is 2. The zero-order valence-corrected chi connectivity index (χ0v) is 9.12. The zero-order chi connectivity index (χ0) is 11.1. The van der Waals surface area contributed by atoms with Crippen molar-refractivity contribution < 1.29 is 14.3 Å². The van der Waals surface area contributed by atoms with E-state index >= 15 is 0 Å². The Labute approximate surface area is 94.2 Å². The molecular weight excluding hydrogens is 204 g/mol. The van der Waals surface area contributed by atoms with Gasteiger partial charge in [-0.25, -0.2) is 4.79 Å². The predicted molar refractivity (Wildman–Crippen MR) is 57.4 cm³/mol. The summed E-state index contributed by atoms with van der Waals surface area (Å²) in [5.41, 5.74) is 2.89. The van der Waals surface area contributed by atoms with Crippen LogP contribution in [0.1, 0.15) is 38.5 Å². The lowest BCUT2D eigenvalue weighted by Crippen LogP contribution is -2.28. The Balaban J connectivity index is 2.04. The molecular formula is C13H14O3. The zero-order valence-electron chi connectivity index (χ0n) is 9.12. The number of rotatable bonds is 0. The van der Waals surface area contributed by atoms with Crippen molar-refractivity contribution >= 4 is 11.9 Å². The Bertz CT molecular complexity index is 428. The lowest BCUT2D eigenvalue weighted by Gasteiger charge is -2.32. The van der Waals surface area contributed by atoms with Crippen molar-refractivity contribution in [2.75, 3.05) is 0 Å². The van der Waals surface area contributed by atoms with E-state index < -0.39 is 11.9 Å². The van der Waals surface area contributed by atoms with E-state index in [1.165, 1.54) is 18.4 Å². The molecule has 1 atom stereocenters. The number of cyclic esters (lactones) is 2. The summed E-state index contributed by atoms with van der Waals surface area (Å²) < 4.78 is 4.73. The predicted octanol–water partition coefficient (Wildman–Crippen LogP) is 2.28. The summed E-state index contributed by atoms with van der Waals surface area (Å²) in [5, 5.41) is 0. The van der Waals surface area contributed by atoms with Crippen molar-refractivity contribution in [2.24, 2.45) is 5.92 Å². The van der Waals surface area contributed by atoms with E-state index in [9.17, 15) is 9.59 Å². The third-order valence-corrected chi connectivity index (χ3v) is 3.78. The number of ether oxygens (including phenoxy) is 1. The molecule has 3 aliphatic rings. The Kier molecular flexibility index (Phi) is 2.20. The molecule has 1 unspecified atom stereocenters. The summed E-state index contributed by atoms with van der Waals surface area (Å²) >= 11 is 0. The molecule has 84 valence electrons. The second kappa shape index (κ2) is 3.58. The van der Waals surface area contributed by atoms with Gasteiger partial charge in [0.05, 0.1) is 12.0 Å². The molecule has 0 aromatic carbocycles. The number of allylic oxidation sites excluding steroid dienone is 2. The molecule has 0 N–H and O–H groups in total. The first kappa shape index (κ1) is 9.82.